The molecule has 3 aromatic rings. The van der Waals surface area contributed by atoms with Crippen molar-refractivity contribution in [2.75, 3.05) is 12.3 Å². The first kappa shape index (κ1) is 19.2. The zero-order chi connectivity index (χ0) is 19.8. The number of nitrogens with two attached hydrogens (primary N) is 1. The van der Waals surface area contributed by atoms with Crippen LogP contribution in [0.25, 0.3) is 0 Å². The van der Waals surface area contributed by atoms with Crippen molar-refractivity contribution >= 4 is 11.7 Å². The summed E-state index contributed by atoms with van der Waals surface area (Å²) in [4.78, 5) is 16.4. The van der Waals surface area contributed by atoms with Crippen molar-refractivity contribution in [2.24, 2.45) is 0 Å². The SMILES string of the molecule is CCOc1ccc(C(=O)NCc2ccc(OCc3ccccc3)cc2)c(N)n1. The lowest BCUT2D eigenvalue weighted by molar-refractivity contribution is 0.0951. The molecule has 1 amide bonds. The maximum atomic E-state index is 12.3. The second-order valence-electron chi connectivity index (χ2n) is 6.12. The van der Waals surface area contributed by atoms with E-state index >= 15 is 0 Å². The van der Waals surface area contributed by atoms with Crippen LogP contribution in [0, 0.1) is 0 Å². The van der Waals surface area contributed by atoms with Crippen LogP contribution < -0.4 is 20.5 Å². The predicted octanol–water partition coefficient (Wildman–Crippen LogP) is 3.57. The highest BCUT2D eigenvalue weighted by Crippen LogP contribution is 2.16. The monoisotopic (exact) mass is 377 g/mol. The van der Waals surface area contributed by atoms with Crippen molar-refractivity contribution in [2.45, 2.75) is 20.1 Å². The molecule has 0 spiro atoms. The normalized spacial score (nSPS) is 10.3. The fraction of sp³-hybridized carbons (Fsp3) is 0.182. The van der Waals surface area contributed by atoms with Crippen molar-refractivity contribution in [1.29, 1.82) is 0 Å². The lowest BCUT2D eigenvalue weighted by atomic mass is 10.2. The number of ether oxygens (including phenoxy) is 2. The van der Waals surface area contributed by atoms with Crippen molar-refractivity contribution < 1.29 is 14.3 Å². The molecule has 3 rings (SSSR count). The standard InChI is InChI=1S/C22H23N3O3/c1-2-27-20-13-12-19(21(23)25-20)22(26)24-14-16-8-10-18(11-9-16)28-15-17-6-4-3-5-7-17/h3-13H,2,14-15H2,1H3,(H2,23,25)(H,24,26). The molecule has 0 radical (unpaired) electrons. The summed E-state index contributed by atoms with van der Waals surface area (Å²) >= 11 is 0. The number of carbonyl (C=O) groups excluding carboxylic acids is 1. The van der Waals surface area contributed by atoms with Crippen LogP contribution in [-0.2, 0) is 13.2 Å². The lowest BCUT2D eigenvalue weighted by Crippen LogP contribution is -2.24. The van der Waals surface area contributed by atoms with E-state index in [1.165, 1.54) is 0 Å². The summed E-state index contributed by atoms with van der Waals surface area (Å²) in [5.74, 6) is 1.05. The number of hydrogen-bond donors (Lipinski definition) is 2. The summed E-state index contributed by atoms with van der Waals surface area (Å²) in [6.07, 6.45) is 0. The zero-order valence-electron chi connectivity index (χ0n) is 15.7. The van der Waals surface area contributed by atoms with Gasteiger partial charge in [-0.3, -0.25) is 4.79 Å². The average Bonchev–Trinajstić information content (AvgIpc) is 2.72. The molecule has 0 saturated heterocycles. The number of nitrogen functional groups attached to an aromatic ring is 1. The zero-order valence-corrected chi connectivity index (χ0v) is 15.7. The Morgan fingerprint density at radius 1 is 0.964 bits per heavy atom. The number of benzene rings is 2. The third-order valence-electron chi connectivity index (χ3n) is 4.06. The van der Waals surface area contributed by atoms with Crippen LogP contribution in [0.15, 0.2) is 66.7 Å². The quantitative estimate of drug-likeness (QED) is 0.627. The maximum absolute atomic E-state index is 12.3. The first-order valence-corrected chi connectivity index (χ1v) is 9.09. The second kappa shape index (κ2) is 9.41. The molecule has 0 fully saturated rings. The molecule has 0 bridgehead atoms. The minimum atomic E-state index is -0.280. The fourth-order valence-electron chi connectivity index (χ4n) is 2.60. The summed E-state index contributed by atoms with van der Waals surface area (Å²) in [7, 11) is 0. The van der Waals surface area contributed by atoms with Crippen LogP contribution in [0.4, 0.5) is 5.82 Å². The van der Waals surface area contributed by atoms with Gasteiger partial charge in [0.1, 0.15) is 18.2 Å². The van der Waals surface area contributed by atoms with Gasteiger partial charge >= 0.3 is 0 Å². The highest BCUT2D eigenvalue weighted by molar-refractivity contribution is 5.98. The van der Waals surface area contributed by atoms with E-state index in [9.17, 15) is 4.79 Å². The van der Waals surface area contributed by atoms with Crippen molar-refractivity contribution in [1.82, 2.24) is 10.3 Å². The molecule has 0 aliphatic heterocycles. The number of carbonyl (C=O) groups is 1. The number of nitrogens with one attached hydrogen (secondary N) is 1. The molecule has 0 atom stereocenters. The minimum absolute atomic E-state index is 0.146. The second-order valence-corrected chi connectivity index (χ2v) is 6.12. The van der Waals surface area contributed by atoms with Crippen LogP contribution in [0.1, 0.15) is 28.4 Å². The highest BCUT2D eigenvalue weighted by Gasteiger charge is 2.11. The van der Waals surface area contributed by atoms with Gasteiger partial charge in [-0.15, -0.1) is 0 Å². The van der Waals surface area contributed by atoms with Gasteiger partial charge in [0, 0.05) is 12.6 Å². The summed E-state index contributed by atoms with van der Waals surface area (Å²) in [5, 5.41) is 2.84. The van der Waals surface area contributed by atoms with Crippen LogP contribution >= 0.6 is 0 Å². The number of pyridine rings is 1. The molecular formula is C22H23N3O3. The third kappa shape index (κ3) is 5.23. The highest BCUT2D eigenvalue weighted by atomic mass is 16.5. The van der Waals surface area contributed by atoms with E-state index in [1.54, 1.807) is 12.1 Å². The van der Waals surface area contributed by atoms with Crippen LogP contribution in [0.3, 0.4) is 0 Å². The summed E-state index contributed by atoms with van der Waals surface area (Å²) < 4.78 is 11.0. The molecule has 0 unspecified atom stereocenters. The number of nitrogens with zero attached hydrogens (tertiary/aromatic N) is 1. The largest absolute Gasteiger partial charge is 0.489 e. The van der Waals surface area contributed by atoms with Crippen molar-refractivity contribution in [3.8, 4) is 11.6 Å². The Morgan fingerprint density at radius 3 is 2.39 bits per heavy atom. The number of amides is 1. The van der Waals surface area contributed by atoms with Gasteiger partial charge < -0.3 is 20.5 Å². The van der Waals surface area contributed by atoms with Gasteiger partial charge in [-0.25, -0.2) is 0 Å². The number of rotatable bonds is 8. The molecule has 6 heteroatoms. The fourth-order valence-corrected chi connectivity index (χ4v) is 2.60. The molecule has 28 heavy (non-hydrogen) atoms. The number of aromatic nitrogens is 1. The Hall–Kier alpha value is -3.54. The minimum Gasteiger partial charge on any atom is -0.489 e. The summed E-state index contributed by atoms with van der Waals surface area (Å²) in [6.45, 7) is 3.24. The van der Waals surface area contributed by atoms with E-state index in [4.69, 9.17) is 15.2 Å². The van der Waals surface area contributed by atoms with Crippen LogP contribution in [0.5, 0.6) is 11.6 Å². The molecule has 2 aromatic carbocycles. The Morgan fingerprint density at radius 2 is 1.71 bits per heavy atom. The summed E-state index contributed by atoms with van der Waals surface area (Å²) in [6, 6.07) is 20.8. The Bertz CT molecular complexity index is 912. The van der Waals surface area contributed by atoms with Gasteiger partial charge in [-0.2, -0.15) is 4.98 Å². The first-order chi connectivity index (χ1) is 13.7. The first-order valence-electron chi connectivity index (χ1n) is 9.09. The molecule has 1 aromatic heterocycles. The van der Waals surface area contributed by atoms with E-state index in [0.29, 0.717) is 31.2 Å². The number of anilines is 1. The van der Waals surface area contributed by atoms with E-state index in [-0.39, 0.29) is 11.7 Å². The van der Waals surface area contributed by atoms with Crippen molar-refractivity contribution in [3.63, 3.8) is 0 Å². The van der Waals surface area contributed by atoms with Gasteiger partial charge in [0.05, 0.1) is 12.2 Å². The molecule has 1 heterocycles. The van der Waals surface area contributed by atoms with E-state index in [2.05, 4.69) is 10.3 Å². The topological polar surface area (TPSA) is 86.5 Å². The molecule has 3 N–H and O–H groups in total. The van der Waals surface area contributed by atoms with Gasteiger partial charge in [0.2, 0.25) is 5.88 Å². The Balaban J connectivity index is 1.52. The lowest BCUT2D eigenvalue weighted by Gasteiger charge is -2.10. The molecule has 0 saturated carbocycles. The van der Waals surface area contributed by atoms with Crippen molar-refractivity contribution in [3.05, 3.63) is 83.4 Å². The van der Waals surface area contributed by atoms with Crippen LogP contribution in [0.2, 0.25) is 0 Å². The molecule has 0 aliphatic rings. The molecular weight excluding hydrogens is 354 g/mol. The van der Waals surface area contributed by atoms with E-state index < -0.39 is 0 Å². The molecule has 144 valence electrons. The van der Waals surface area contributed by atoms with Crippen LogP contribution in [-0.4, -0.2) is 17.5 Å². The van der Waals surface area contributed by atoms with Gasteiger partial charge in [-0.1, -0.05) is 42.5 Å². The smallest absolute Gasteiger partial charge is 0.255 e. The van der Waals surface area contributed by atoms with E-state index in [0.717, 1.165) is 16.9 Å². The summed E-state index contributed by atoms with van der Waals surface area (Å²) in [5.41, 5.74) is 8.25. The Kier molecular flexibility index (Phi) is 6.46. The predicted molar refractivity (Wildman–Crippen MR) is 108 cm³/mol. The number of hydrogen-bond acceptors (Lipinski definition) is 5. The average molecular weight is 377 g/mol. The van der Waals surface area contributed by atoms with E-state index in [1.807, 2.05) is 61.5 Å². The third-order valence-corrected chi connectivity index (χ3v) is 4.06. The Labute approximate surface area is 164 Å². The maximum Gasteiger partial charge on any atom is 0.255 e. The van der Waals surface area contributed by atoms with Gasteiger partial charge in [0.15, 0.2) is 0 Å². The van der Waals surface area contributed by atoms with Gasteiger partial charge in [0.25, 0.3) is 5.91 Å². The molecule has 0 aliphatic carbocycles. The molecule has 6 nitrogen and oxygen atoms in total. The van der Waals surface area contributed by atoms with Gasteiger partial charge in [-0.05, 0) is 36.2 Å².